The van der Waals surface area contributed by atoms with Crippen LogP contribution in [0, 0.1) is 45.3 Å². The van der Waals surface area contributed by atoms with E-state index in [1.54, 1.807) is 13.8 Å². The Morgan fingerprint density at radius 3 is 2.09 bits per heavy atom. The Hall–Kier alpha value is -0.400. The topological polar surface area (TPSA) is 180 Å². The van der Waals surface area contributed by atoms with Crippen molar-refractivity contribution in [1.82, 2.24) is 0 Å². The fraction of sp³-hybridized carbons (Fsp3) is 1.00. The molecule has 5 rings (SSSR count). The minimum absolute atomic E-state index is 0.0987. The minimum Gasteiger partial charge on any atom is -0.394 e. The molecule has 4 saturated carbocycles. The first kappa shape index (κ1) is 36.9. The van der Waals surface area contributed by atoms with Crippen molar-refractivity contribution < 1.29 is 50.3 Å². The number of fused-ring (bicyclic) bond motifs is 5. The Morgan fingerprint density at radius 1 is 0.826 bits per heavy atom. The number of ether oxygens (including phenoxy) is 2. The van der Waals surface area contributed by atoms with Crippen molar-refractivity contribution in [3.8, 4) is 0 Å². The zero-order valence-corrected chi connectivity index (χ0v) is 29.4. The van der Waals surface area contributed by atoms with E-state index in [-0.39, 0.29) is 39.9 Å². The summed E-state index contributed by atoms with van der Waals surface area (Å²) in [5, 5.41) is 87.5. The molecule has 0 bridgehead atoms. The van der Waals surface area contributed by atoms with Gasteiger partial charge in [0.25, 0.3) is 0 Å². The van der Waals surface area contributed by atoms with Gasteiger partial charge in [-0.05, 0) is 124 Å². The van der Waals surface area contributed by atoms with Crippen molar-refractivity contribution in [3.05, 3.63) is 0 Å². The zero-order valence-electron chi connectivity index (χ0n) is 29.4. The average molecular weight is 657 g/mol. The third kappa shape index (κ3) is 5.72. The molecule has 1 saturated heterocycles. The van der Waals surface area contributed by atoms with Gasteiger partial charge in [0, 0.05) is 0 Å². The van der Waals surface area contributed by atoms with Crippen LogP contribution >= 0.6 is 0 Å². The maximum atomic E-state index is 12.1. The highest BCUT2D eigenvalue weighted by atomic mass is 16.7. The van der Waals surface area contributed by atoms with E-state index in [0.29, 0.717) is 38.5 Å². The Morgan fingerprint density at radius 2 is 1.48 bits per heavy atom. The smallest absolute Gasteiger partial charge is 0.186 e. The summed E-state index contributed by atoms with van der Waals surface area (Å²) in [6.45, 7) is 15.9. The van der Waals surface area contributed by atoms with E-state index in [9.17, 15) is 40.9 Å². The van der Waals surface area contributed by atoms with Gasteiger partial charge in [-0.3, -0.25) is 0 Å². The lowest BCUT2D eigenvalue weighted by atomic mass is 9.34. The Bertz CT molecular complexity index is 1090. The molecule has 0 unspecified atom stereocenters. The van der Waals surface area contributed by atoms with Crippen molar-refractivity contribution in [3.63, 3.8) is 0 Å². The lowest BCUT2D eigenvalue weighted by molar-refractivity contribution is -0.346. The highest BCUT2D eigenvalue weighted by molar-refractivity contribution is 5.22. The van der Waals surface area contributed by atoms with Gasteiger partial charge in [0.15, 0.2) is 6.29 Å². The van der Waals surface area contributed by atoms with E-state index in [2.05, 4.69) is 34.6 Å². The average Bonchev–Trinajstić information content (AvgIpc) is 3.32. The summed E-state index contributed by atoms with van der Waals surface area (Å²) in [7, 11) is 0. The second kappa shape index (κ2) is 12.1. The van der Waals surface area contributed by atoms with Crippen molar-refractivity contribution in [2.45, 2.75) is 173 Å². The lowest BCUT2D eigenvalue weighted by Crippen LogP contribution is -2.71. The van der Waals surface area contributed by atoms with E-state index in [1.165, 1.54) is 0 Å². The summed E-state index contributed by atoms with van der Waals surface area (Å²) >= 11 is 0. The molecular weight excluding hydrogens is 592 g/mol. The zero-order chi connectivity index (χ0) is 34.4. The van der Waals surface area contributed by atoms with Crippen LogP contribution in [0.4, 0.5) is 0 Å². The van der Waals surface area contributed by atoms with Crippen LogP contribution < -0.4 is 0 Å². The van der Waals surface area contributed by atoms with Crippen LogP contribution in [0.5, 0.6) is 0 Å². The van der Waals surface area contributed by atoms with E-state index in [4.69, 9.17) is 9.47 Å². The molecule has 0 radical (unpaired) electrons. The second-order valence-corrected chi connectivity index (χ2v) is 18.3. The van der Waals surface area contributed by atoms with Gasteiger partial charge in [0.05, 0.1) is 36.1 Å². The van der Waals surface area contributed by atoms with Crippen molar-refractivity contribution in [1.29, 1.82) is 0 Å². The first-order chi connectivity index (χ1) is 21.0. The SMILES string of the molecule is CC(C)(O)CCC[C@@](C)(O)[C@H]1CC[C@]2(C)[C@@H]1[C@H](O)C[C@@H]1[C@@]3(C)CC[C@H](O)C(C)(C)[C@@H]3[C@@H](O[C@@H]3O[C@H](CO)[C@@H](O)[C@H](O)[C@H]3O)C[C@]12C. The number of aliphatic hydroxyl groups excluding tert-OH is 6. The van der Waals surface area contributed by atoms with Gasteiger partial charge >= 0.3 is 0 Å². The molecule has 10 heteroatoms. The van der Waals surface area contributed by atoms with Crippen molar-refractivity contribution in [2.75, 3.05) is 6.61 Å². The van der Waals surface area contributed by atoms with Crippen LogP contribution in [0.25, 0.3) is 0 Å². The van der Waals surface area contributed by atoms with Crippen LogP contribution in [0.3, 0.4) is 0 Å². The summed E-state index contributed by atoms with van der Waals surface area (Å²) in [6, 6.07) is 0. The van der Waals surface area contributed by atoms with Gasteiger partial charge < -0.3 is 50.3 Å². The Balaban J connectivity index is 1.52. The minimum atomic E-state index is -1.56. The molecule has 4 aliphatic carbocycles. The molecule has 5 aliphatic rings. The number of hydrogen-bond acceptors (Lipinski definition) is 10. The number of rotatable bonds is 8. The van der Waals surface area contributed by atoms with Crippen LogP contribution in [-0.4, -0.2) is 108 Å². The molecule has 8 N–H and O–H groups in total. The molecule has 5 fully saturated rings. The predicted molar refractivity (Wildman–Crippen MR) is 171 cm³/mol. The van der Waals surface area contributed by atoms with Crippen LogP contribution in [0.2, 0.25) is 0 Å². The van der Waals surface area contributed by atoms with E-state index in [1.807, 2.05) is 6.92 Å². The summed E-state index contributed by atoms with van der Waals surface area (Å²) in [5.41, 5.74) is -3.45. The lowest BCUT2D eigenvalue weighted by Gasteiger charge is -2.72. The fourth-order valence-corrected chi connectivity index (χ4v) is 12.1. The molecule has 46 heavy (non-hydrogen) atoms. The molecule has 0 aromatic heterocycles. The van der Waals surface area contributed by atoms with Gasteiger partial charge in [0.1, 0.15) is 24.4 Å². The maximum absolute atomic E-state index is 12.1. The van der Waals surface area contributed by atoms with E-state index >= 15 is 0 Å². The van der Waals surface area contributed by atoms with Gasteiger partial charge in [-0.25, -0.2) is 0 Å². The van der Waals surface area contributed by atoms with Gasteiger partial charge in [0.2, 0.25) is 0 Å². The highest BCUT2D eigenvalue weighted by Crippen LogP contribution is 2.76. The largest absolute Gasteiger partial charge is 0.394 e. The van der Waals surface area contributed by atoms with Crippen LogP contribution in [-0.2, 0) is 9.47 Å². The first-order valence-corrected chi connectivity index (χ1v) is 17.8. The molecule has 268 valence electrons. The Kier molecular flexibility index (Phi) is 9.72. The molecule has 10 nitrogen and oxygen atoms in total. The normalized spacial score (nSPS) is 51.9. The molecule has 16 atom stereocenters. The summed E-state index contributed by atoms with van der Waals surface area (Å²) in [6.07, 6.45) is -2.73. The molecule has 1 aliphatic heterocycles. The monoisotopic (exact) mass is 656 g/mol. The van der Waals surface area contributed by atoms with Gasteiger partial charge in [-0.15, -0.1) is 0 Å². The highest BCUT2D eigenvalue weighted by Gasteiger charge is 2.73. The molecule has 0 aromatic carbocycles. The maximum Gasteiger partial charge on any atom is 0.186 e. The van der Waals surface area contributed by atoms with Gasteiger partial charge in [-0.1, -0.05) is 34.6 Å². The molecule has 1 heterocycles. The van der Waals surface area contributed by atoms with Gasteiger partial charge in [-0.2, -0.15) is 0 Å². The third-order valence-electron chi connectivity index (χ3n) is 14.7. The van der Waals surface area contributed by atoms with Crippen molar-refractivity contribution >= 4 is 0 Å². The van der Waals surface area contributed by atoms with Crippen molar-refractivity contribution in [2.24, 2.45) is 45.3 Å². The number of aliphatic hydroxyl groups is 8. The summed E-state index contributed by atoms with van der Waals surface area (Å²) in [5.74, 6) is -0.349. The molecular formula is C36H64O10. The Labute approximate surface area is 275 Å². The number of hydrogen-bond donors (Lipinski definition) is 8. The summed E-state index contributed by atoms with van der Waals surface area (Å²) in [4.78, 5) is 0. The standard InChI is InChI=1S/C36H64O10/c1-31(2,43)12-9-13-36(8,44)19-10-15-34(6)25(19)20(38)16-23-33(5)14-11-24(39)32(3,4)29(33)21(17-35(23,34)7)45-30-28(42)27(41)26(40)22(18-37)46-30/h19-30,37-44H,9-18H2,1-8H3/t19-,20+,21-,22+,23+,24-,25-,26+,27-,28+,29-,30+,33+,34+,35+,36+/m0/s1. The molecule has 0 aromatic rings. The second-order valence-electron chi connectivity index (χ2n) is 18.3. The van der Waals surface area contributed by atoms with E-state index in [0.717, 1.165) is 19.3 Å². The van der Waals surface area contributed by atoms with Crippen LogP contribution in [0.1, 0.15) is 113 Å². The van der Waals surface area contributed by atoms with Crippen LogP contribution in [0.15, 0.2) is 0 Å². The molecule has 0 amide bonds. The quantitative estimate of drug-likeness (QED) is 0.181. The first-order valence-electron chi connectivity index (χ1n) is 17.8. The fourth-order valence-electron chi connectivity index (χ4n) is 12.1. The predicted octanol–water partition coefficient (Wildman–Crippen LogP) is 2.49. The molecule has 0 spiro atoms. The van der Waals surface area contributed by atoms with E-state index < -0.39 is 72.2 Å². The third-order valence-corrected chi connectivity index (χ3v) is 14.7. The summed E-state index contributed by atoms with van der Waals surface area (Å²) < 4.78 is 12.6.